The molecule has 1 atom stereocenters. The molecule has 2 aromatic carbocycles. The van der Waals surface area contributed by atoms with Gasteiger partial charge in [-0.25, -0.2) is 9.79 Å². The summed E-state index contributed by atoms with van der Waals surface area (Å²) in [6.45, 7) is 6.83. The summed E-state index contributed by atoms with van der Waals surface area (Å²) in [6, 6.07) is 9.31. The van der Waals surface area contributed by atoms with Gasteiger partial charge in [0, 0.05) is 49.6 Å². The Morgan fingerprint density at radius 1 is 1.21 bits per heavy atom. The maximum Gasteiger partial charge on any atom is 0.338 e. The first-order valence-electron chi connectivity index (χ1n) is 13.4. The summed E-state index contributed by atoms with van der Waals surface area (Å²) < 4.78 is 13.3. The minimum atomic E-state index is -0.799. The van der Waals surface area contributed by atoms with Crippen LogP contribution >= 0.6 is 27.3 Å². The van der Waals surface area contributed by atoms with Gasteiger partial charge in [-0.2, -0.15) is 0 Å². The van der Waals surface area contributed by atoms with E-state index < -0.39 is 16.9 Å². The van der Waals surface area contributed by atoms with Crippen molar-refractivity contribution in [1.29, 1.82) is 0 Å². The van der Waals surface area contributed by atoms with E-state index >= 15 is 0 Å². The SMILES string of the molecule is CCOC(=O)C1=C(C)N=c2s/c(=C\c3cc([N+](=O)[O-])ccc3N3CCN(C)CC3)c(=O)n2[C@@H]1c1ccc(OC)c(Br)c1. The number of non-ortho nitro benzene ring substituents is 1. The number of fused-ring (bicyclic) bond motifs is 1. The van der Waals surface area contributed by atoms with Crippen LogP contribution in [0.25, 0.3) is 6.08 Å². The van der Waals surface area contributed by atoms with Crippen LogP contribution in [0.2, 0.25) is 0 Å². The largest absolute Gasteiger partial charge is 0.496 e. The lowest BCUT2D eigenvalue weighted by molar-refractivity contribution is -0.384. The van der Waals surface area contributed by atoms with Gasteiger partial charge in [0.25, 0.3) is 11.2 Å². The first kappa shape index (κ1) is 29.7. The molecule has 0 radical (unpaired) electrons. The van der Waals surface area contributed by atoms with E-state index in [4.69, 9.17) is 9.47 Å². The predicted molar refractivity (Wildman–Crippen MR) is 164 cm³/mol. The molecule has 0 unspecified atom stereocenters. The molecule has 0 bridgehead atoms. The van der Waals surface area contributed by atoms with Gasteiger partial charge in [0.15, 0.2) is 4.80 Å². The number of thiazole rings is 1. The quantitative estimate of drug-likeness (QED) is 0.216. The number of halogens is 1. The third-order valence-electron chi connectivity index (χ3n) is 7.36. The first-order valence-corrected chi connectivity index (χ1v) is 15.0. The van der Waals surface area contributed by atoms with E-state index in [9.17, 15) is 19.7 Å². The normalized spacial score (nSPS) is 17.6. The highest BCUT2D eigenvalue weighted by Gasteiger charge is 2.34. The molecule has 1 fully saturated rings. The molecule has 1 saturated heterocycles. The Morgan fingerprint density at radius 2 is 1.95 bits per heavy atom. The summed E-state index contributed by atoms with van der Waals surface area (Å²) in [4.78, 5) is 48.0. The van der Waals surface area contributed by atoms with E-state index in [0.29, 0.717) is 36.4 Å². The molecule has 42 heavy (non-hydrogen) atoms. The fraction of sp³-hybridized carbons (Fsp3) is 0.345. The van der Waals surface area contributed by atoms with Crippen LogP contribution in [-0.2, 0) is 9.53 Å². The van der Waals surface area contributed by atoms with Crippen molar-refractivity contribution >= 4 is 50.7 Å². The van der Waals surface area contributed by atoms with Gasteiger partial charge in [-0.1, -0.05) is 17.4 Å². The van der Waals surface area contributed by atoms with Crippen LogP contribution in [0.15, 0.2) is 61.9 Å². The van der Waals surface area contributed by atoms with Crippen molar-refractivity contribution in [2.24, 2.45) is 4.99 Å². The molecule has 2 aliphatic rings. The summed E-state index contributed by atoms with van der Waals surface area (Å²) in [5, 5.41) is 11.7. The zero-order valence-corrected chi connectivity index (χ0v) is 26.0. The van der Waals surface area contributed by atoms with Crippen molar-refractivity contribution in [2.75, 3.05) is 51.8 Å². The Labute approximate surface area is 254 Å². The van der Waals surface area contributed by atoms with E-state index in [0.717, 1.165) is 31.9 Å². The van der Waals surface area contributed by atoms with Crippen LogP contribution in [0.5, 0.6) is 5.75 Å². The molecule has 13 heteroatoms. The average Bonchev–Trinajstić information content (AvgIpc) is 3.26. The number of ether oxygens (including phenoxy) is 2. The summed E-state index contributed by atoms with van der Waals surface area (Å²) in [7, 11) is 3.61. The number of carbonyl (C=O) groups excluding carboxylic acids is 1. The number of piperazine rings is 1. The zero-order chi connectivity index (χ0) is 30.1. The third-order valence-corrected chi connectivity index (χ3v) is 8.96. The van der Waals surface area contributed by atoms with Gasteiger partial charge in [-0.3, -0.25) is 19.5 Å². The molecule has 11 nitrogen and oxygen atoms in total. The van der Waals surface area contributed by atoms with E-state index in [1.807, 2.05) is 6.07 Å². The first-order chi connectivity index (χ1) is 20.1. The van der Waals surface area contributed by atoms with E-state index in [1.165, 1.54) is 28.0 Å². The highest BCUT2D eigenvalue weighted by Crippen LogP contribution is 2.35. The van der Waals surface area contributed by atoms with Gasteiger partial charge in [0.05, 0.1) is 45.0 Å². The lowest BCUT2D eigenvalue weighted by Crippen LogP contribution is -2.44. The number of benzene rings is 2. The molecule has 3 aromatic rings. The molecule has 5 rings (SSSR count). The zero-order valence-electron chi connectivity index (χ0n) is 23.6. The molecular formula is C29H30BrN5O6S. The lowest BCUT2D eigenvalue weighted by atomic mass is 9.96. The average molecular weight is 657 g/mol. The summed E-state index contributed by atoms with van der Waals surface area (Å²) >= 11 is 4.70. The number of anilines is 1. The Balaban J connectivity index is 1.71. The van der Waals surface area contributed by atoms with Gasteiger partial charge in [-0.05, 0) is 66.7 Å². The fourth-order valence-electron chi connectivity index (χ4n) is 5.21. The molecule has 0 N–H and O–H groups in total. The van der Waals surface area contributed by atoms with Crippen LogP contribution in [0.1, 0.15) is 31.0 Å². The fourth-order valence-corrected chi connectivity index (χ4v) is 6.80. The number of nitrogens with zero attached hydrogens (tertiary/aromatic N) is 5. The minimum Gasteiger partial charge on any atom is -0.496 e. The van der Waals surface area contributed by atoms with Crippen molar-refractivity contribution in [2.45, 2.75) is 19.9 Å². The van der Waals surface area contributed by atoms with Crippen LogP contribution in [0, 0.1) is 10.1 Å². The van der Waals surface area contributed by atoms with E-state index in [1.54, 1.807) is 45.2 Å². The van der Waals surface area contributed by atoms with Crippen LogP contribution < -0.4 is 24.5 Å². The van der Waals surface area contributed by atoms with Gasteiger partial charge in [0.1, 0.15) is 5.75 Å². The number of esters is 1. The Kier molecular flexibility index (Phi) is 8.62. The molecule has 2 aliphatic heterocycles. The Bertz CT molecular complexity index is 1770. The second-order valence-electron chi connectivity index (χ2n) is 9.99. The maximum atomic E-state index is 14.1. The number of likely N-dealkylation sites (N-methyl/N-ethyl adjacent to an activating group) is 1. The van der Waals surface area contributed by atoms with Crippen molar-refractivity contribution < 1.29 is 19.2 Å². The number of allylic oxidation sites excluding steroid dienone is 1. The molecule has 1 aromatic heterocycles. The number of rotatable bonds is 7. The lowest BCUT2D eigenvalue weighted by Gasteiger charge is -2.34. The van der Waals surface area contributed by atoms with Gasteiger partial charge in [0.2, 0.25) is 0 Å². The summed E-state index contributed by atoms with van der Waals surface area (Å²) in [5.41, 5.74) is 2.35. The Hall–Kier alpha value is -3.81. The number of hydrogen-bond donors (Lipinski definition) is 0. The monoisotopic (exact) mass is 655 g/mol. The molecule has 0 spiro atoms. The summed E-state index contributed by atoms with van der Waals surface area (Å²) in [5.74, 6) is 0.0488. The summed E-state index contributed by atoms with van der Waals surface area (Å²) in [6.07, 6.45) is 1.69. The predicted octanol–water partition coefficient (Wildman–Crippen LogP) is 3.23. The maximum absolute atomic E-state index is 14.1. The minimum absolute atomic E-state index is 0.0618. The molecule has 0 saturated carbocycles. The second-order valence-corrected chi connectivity index (χ2v) is 11.9. The van der Waals surface area contributed by atoms with Crippen molar-refractivity contribution in [1.82, 2.24) is 9.47 Å². The van der Waals surface area contributed by atoms with Crippen LogP contribution in [-0.4, -0.2) is 67.3 Å². The highest BCUT2D eigenvalue weighted by atomic mass is 79.9. The second kappa shape index (κ2) is 12.2. The number of aromatic nitrogens is 1. The molecular weight excluding hydrogens is 626 g/mol. The third kappa shape index (κ3) is 5.63. The van der Waals surface area contributed by atoms with Crippen molar-refractivity contribution in [3.8, 4) is 5.75 Å². The van der Waals surface area contributed by atoms with Crippen molar-refractivity contribution in [3.05, 3.63) is 93.1 Å². The number of methoxy groups -OCH3 is 1. The highest BCUT2D eigenvalue weighted by molar-refractivity contribution is 9.10. The van der Waals surface area contributed by atoms with Crippen molar-refractivity contribution in [3.63, 3.8) is 0 Å². The number of hydrogen-bond acceptors (Lipinski definition) is 10. The molecule has 0 aliphatic carbocycles. The van der Waals surface area contributed by atoms with Gasteiger partial charge < -0.3 is 19.3 Å². The number of nitro groups is 1. The van der Waals surface area contributed by atoms with Gasteiger partial charge in [-0.15, -0.1) is 0 Å². The number of carbonyl (C=O) groups is 1. The Morgan fingerprint density at radius 3 is 2.60 bits per heavy atom. The van der Waals surface area contributed by atoms with Crippen LogP contribution in [0.3, 0.4) is 0 Å². The molecule has 220 valence electrons. The molecule has 0 amide bonds. The number of nitro benzene ring substituents is 1. The van der Waals surface area contributed by atoms with E-state index in [2.05, 4.69) is 37.8 Å². The standard InChI is InChI=1S/C29H30BrN5O6S/c1-5-41-28(37)25-17(2)31-29-34(26(25)18-6-9-23(40-4)21(30)15-18)27(36)24(42-29)16-19-14-20(35(38)39)7-8-22(19)33-12-10-32(3)11-13-33/h6-9,14-16,26H,5,10-13H2,1-4H3/b24-16-/t26-/m1/s1. The van der Waals surface area contributed by atoms with Crippen LogP contribution in [0.4, 0.5) is 11.4 Å². The van der Waals surface area contributed by atoms with Gasteiger partial charge >= 0.3 is 5.97 Å². The smallest absolute Gasteiger partial charge is 0.338 e. The topological polar surface area (TPSA) is 120 Å². The van der Waals surface area contributed by atoms with E-state index in [-0.39, 0.29) is 23.4 Å². The molecule has 3 heterocycles.